The Morgan fingerprint density at radius 2 is 2.06 bits per heavy atom. The quantitative estimate of drug-likeness (QED) is 0.695. The minimum atomic E-state index is -3.14. The molecule has 1 aliphatic heterocycles. The van der Waals surface area contributed by atoms with E-state index in [1.807, 2.05) is 6.92 Å². The summed E-state index contributed by atoms with van der Waals surface area (Å²) in [5, 5.41) is 3.24. The maximum Gasteiger partial charge on any atom is 0.212 e. The van der Waals surface area contributed by atoms with Crippen molar-refractivity contribution in [2.45, 2.75) is 32.2 Å². The molecule has 6 heteroatoms. The molecule has 2 N–H and O–H groups in total. The SMILES string of the molecule is COCCC(C)NS(=O)(=O)CC1CCNCC1. The lowest BCUT2D eigenvalue weighted by Gasteiger charge is -2.23. The van der Waals surface area contributed by atoms with Crippen LogP contribution < -0.4 is 10.0 Å². The zero-order valence-electron chi connectivity index (χ0n) is 10.7. The average Bonchev–Trinajstić information content (AvgIpc) is 2.26. The minimum Gasteiger partial charge on any atom is -0.385 e. The number of sulfonamides is 1. The lowest BCUT2D eigenvalue weighted by Crippen LogP contribution is -2.39. The number of methoxy groups -OCH3 is 1. The van der Waals surface area contributed by atoms with Crippen LogP contribution in [0.4, 0.5) is 0 Å². The summed E-state index contributed by atoms with van der Waals surface area (Å²) in [6, 6.07) is -0.0540. The van der Waals surface area contributed by atoms with Crippen molar-refractivity contribution in [3.05, 3.63) is 0 Å². The van der Waals surface area contributed by atoms with Gasteiger partial charge in [-0.3, -0.25) is 0 Å². The van der Waals surface area contributed by atoms with Crippen LogP contribution in [0.5, 0.6) is 0 Å². The monoisotopic (exact) mass is 264 g/mol. The molecule has 0 amide bonds. The van der Waals surface area contributed by atoms with Crippen LogP contribution in [-0.4, -0.2) is 47.0 Å². The molecule has 1 aliphatic rings. The Morgan fingerprint density at radius 3 is 2.65 bits per heavy atom. The number of ether oxygens (including phenoxy) is 1. The smallest absolute Gasteiger partial charge is 0.212 e. The maximum atomic E-state index is 11.9. The Hall–Kier alpha value is -0.170. The number of rotatable bonds is 7. The molecule has 0 aromatic heterocycles. The fraction of sp³-hybridized carbons (Fsp3) is 1.00. The summed E-state index contributed by atoms with van der Waals surface area (Å²) in [6.07, 6.45) is 2.61. The van der Waals surface area contributed by atoms with Crippen molar-refractivity contribution in [3.8, 4) is 0 Å². The topological polar surface area (TPSA) is 67.4 Å². The average molecular weight is 264 g/mol. The highest BCUT2D eigenvalue weighted by Gasteiger charge is 2.22. The van der Waals surface area contributed by atoms with Crippen LogP contribution in [0.3, 0.4) is 0 Å². The van der Waals surface area contributed by atoms with Gasteiger partial charge < -0.3 is 10.1 Å². The van der Waals surface area contributed by atoms with Gasteiger partial charge in [-0.25, -0.2) is 13.1 Å². The molecule has 0 spiro atoms. The molecule has 1 rings (SSSR count). The first kappa shape index (κ1) is 14.9. The highest BCUT2D eigenvalue weighted by Crippen LogP contribution is 2.13. The van der Waals surface area contributed by atoms with E-state index in [1.165, 1.54) is 0 Å². The first-order valence-electron chi connectivity index (χ1n) is 6.23. The summed E-state index contributed by atoms with van der Waals surface area (Å²) in [4.78, 5) is 0. The predicted octanol–water partition coefficient (Wildman–Crippen LogP) is 0.330. The van der Waals surface area contributed by atoms with Gasteiger partial charge in [-0.05, 0) is 45.2 Å². The van der Waals surface area contributed by atoms with E-state index in [2.05, 4.69) is 10.0 Å². The lowest BCUT2D eigenvalue weighted by molar-refractivity contribution is 0.188. The van der Waals surface area contributed by atoms with E-state index in [4.69, 9.17) is 4.74 Å². The lowest BCUT2D eigenvalue weighted by atomic mass is 10.0. The van der Waals surface area contributed by atoms with Gasteiger partial charge in [0.05, 0.1) is 5.75 Å². The molecule has 1 saturated heterocycles. The van der Waals surface area contributed by atoms with Crippen molar-refractivity contribution in [1.82, 2.24) is 10.0 Å². The van der Waals surface area contributed by atoms with Gasteiger partial charge in [0.25, 0.3) is 0 Å². The highest BCUT2D eigenvalue weighted by atomic mass is 32.2. The van der Waals surface area contributed by atoms with Crippen LogP contribution in [0, 0.1) is 5.92 Å². The predicted molar refractivity (Wildman–Crippen MR) is 68.5 cm³/mol. The van der Waals surface area contributed by atoms with E-state index < -0.39 is 10.0 Å². The van der Waals surface area contributed by atoms with E-state index in [0.717, 1.165) is 25.9 Å². The van der Waals surface area contributed by atoms with Gasteiger partial charge in [0.1, 0.15) is 0 Å². The van der Waals surface area contributed by atoms with E-state index in [1.54, 1.807) is 7.11 Å². The van der Waals surface area contributed by atoms with Gasteiger partial charge in [0.15, 0.2) is 0 Å². The minimum absolute atomic E-state index is 0.0540. The van der Waals surface area contributed by atoms with Crippen molar-refractivity contribution in [2.24, 2.45) is 5.92 Å². The van der Waals surface area contributed by atoms with E-state index in [-0.39, 0.29) is 11.8 Å². The summed E-state index contributed by atoms with van der Waals surface area (Å²) in [5.74, 6) is 0.551. The summed E-state index contributed by atoms with van der Waals surface area (Å²) in [7, 11) is -1.52. The third-order valence-corrected chi connectivity index (χ3v) is 4.72. The Bertz CT molecular complexity index is 300. The summed E-state index contributed by atoms with van der Waals surface area (Å²) in [5.41, 5.74) is 0. The van der Waals surface area contributed by atoms with Gasteiger partial charge in [-0.2, -0.15) is 0 Å². The summed E-state index contributed by atoms with van der Waals surface area (Å²) >= 11 is 0. The number of hydrogen-bond acceptors (Lipinski definition) is 4. The molecule has 1 atom stereocenters. The molecular weight excluding hydrogens is 240 g/mol. The molecule has 0 aromatic rings. The molecule has 1 heterocycles. The van der Waals surface area contributed by atoms with Crippen molar-refractivity contribution < 1.29 is 13.2 Å². The molecule has 0 aliphatic carbocycles. The Balaban J connectivity index is 2.33. The maximum absolute atomic E-state index is 11.9. The fourth-order valence-corrected chi connectivity index (χ4v) is 3.85. The number of piperidine rings is 1. The van der Waals surface area contributed by atoms with Crippen LogP contribution in [0.15, 0.2) is 0 Å². The van der Waals surface area contributed by atoms with Crippen LogP contribution in [0.25, 0.3) is 0 Å². The molecular formula is C11H24N2O3S. The second-order valence-corrected chi connectivity index (χ2v) is 6.57. The van der Waals surface area contributed by atoms with Gasteiger partial charge in [-0.15, -0.1) is 0 Å². The molecule has 17 heavy (non-hydrogen) atoms. The molecule has 102 valence electrons. The number of hydrogen-bond donors (Lipinski definition) is 2. The number of nitrogens with one attached hydrogen (secondary N) is 2. The Morgan fingerprint density at radius 1 is 1.41 bits per heavy atom. The zero-order valence-corrected chi connectivity index (χ0v) is 11.6. The van der Waals surface area contributed by atoms with E-state index >= 15 is 0 Å². The normalized spacial score (nSPS) is 20.4. The summed E-state index contributed by atoms with van der Waals surface area (Å²) in [6.45, 7) is 4.31. The second-order valence-electron chi connectivity index (χ2n) is 4.78. The van der Waals surface area contributed by atoms with Crippen molar-refractivity contribution in [3.63, 3.8) is 0 Å². The van der Waals surface area contributed by atoms with E-state index in [0.29, 0.717) is 18.9 Å². The highest BCUT2D eigenvalue weighted by molar-refractivity contribution is 7.89. The Labute approximate surface area is 104 Å². The summed E-state index contributed by atoms with van der Waals surface area (Å²) < 4.78 is 31.4. The standard InChI is InChI=1S/C11H24N2O3S/c1-10(5-8-16-2)13-17(14,15)9-11-3-6-12-7-4-11/h10-13H,3-9H2,1-2H3. The zero-order chi connectivity index (χ0) is 12.7. The molecule has 1 fully saturated rings. The van der Waals surface area contributed by atoms with Gasteiger partial charge in [-0.1, -0.05) is 0 Å². The first-order chi connectivity index (χ1) is 8.03. The van der Waals surface area contributed by atoms with Crippen LogP contribution >= 0.6 is 0 Å². The largest absolute Gasteiger partial charge is 0.385 e. The Kier molecular flexibility index (Phi) is 6.40. The van der Waals surface area contributed by atoms with Gasteiger partial charge in [0, 0.05) is 19.8 Å². The van der Waals surface area contributed by atoms with Crippen LogP contribution in [0.1, 0.15) is 26.2 Å². The first-order valence-corrected chi connectivity index (χ1v) is 7.88. The van der Waals surface area contributed by atoms with Crippen molar-refractivity contribution >= 4 is 10.0 Å². The van der Waals surface area contributed by atoms with E-state index in [9.17, 15) is 8.42 Å². The van der Waals surface area contributed by atoms with Crippen molar-refractivity contribution in [1.29, 1.82) is 0 Å². The molecule has 0 radical (unpaired) electrons. The third kappa shape index (κ3) is 6.35. The molecule has 0 saturated carbocycles. The molecule has 1 unspecified atom stereocenters. The van der Waals surface area contributed by atoms with Gasteiger partial charge in [0.2, 0.25) is 10.0 Å². The molecule has 0 aromatic carbocycles. The fourth-order valence-electron chi connectivity index (χ4n) is 2.07. The second kappa shape index (κ2) is 7.31. The van der Waals surface area contributed by atoms with Gasteiger partial charge >= 0.3 is 0 Å². The third-order valence-electron chi connectivity index (χ3n) is 3.05. The van der Waals surface area contributed by atoms with Crippen LogP contribution in [-0.2, 0) is 14.8 Å². The molecule has 5 nitrogen and oxygen atoms in total. The van der Waals surface area contributed by atoms with Crippen LogP contribution in [0.2, 0.25) is 0 Å². The van der Waals surface area contributed by atoms with Crippen molar-refractivity contribution in [2.75, 3.05) is 32.6 Å². The molecule has 0 bridgehead atoms.